The summed E-state index contributed by atoms with van der Waals surface area (Å²) in [6, 6.07) is 0. The van der Waals surface area contributed by atoms with Crippen LogP contribution in [-0.4, -0.2) is 12.6 Å². The van der Waals surface area contributed by atoms with Crippen molar-refractivity contribution in [3.8, 4) is 0 Å². The molecule has 0 aliphatic heterocycles. The van der Waals surface area contributed by atoms with Crippen molar-refractivity contribution in [3.63, 3.8) is 0 Å². The molecule has 0 aromatic carbocycles. The molecule has 0 N–H and O–H groups in total. The molecule has 0 amide bonds. The predicted molar refractivity (Wildman–Crippen MR) is 107 cm³/mol. The molecule has 1 aliphatic carbocycles. The van der Waals surface area contributed by atoms with Crippen molar-refractivity contribution in [1.82, 2.24) is 0 Å². The highest BCUT2D eigenvalue weighted by Gasteiger charge is 2.26. The van der Waals surface area contributed by atoms with Crippen molar-refractivity contribution in [1.29, 1.82) is 0 Å². The molecule has 0 saturated heterocycles. The molecule has 0 spiro atoms. The highest BCUT2D eigenvalue weighted by molar-refractivity contribution is 5.83. The van der Waals surface area contributed by atoms with Crippen molar-refractivity contribution < 1.29 is 9.53 Å². The number of allylic oxidation sites excluding steroid dienone is 9. The van der Waals surface area contributed by atoms with Gasteiger partial charge in [-0.05, 0) is 68.6 Å². The van der Waals surface area contributed by atoms with E-state index in [1.807, 2.05) is 26.0 Å². The number of rotatable bonds is 7. The van der Waals surface area contributed by atoms with Gasteiger partial charge in [-0.15, -0.1) is 0 Å². The standard InChI is InChI=1S/C23H34O2/c1-7-20(13-9-11-18(3)17-22(24)25-8-2)14-15-21-19(4)12-10-16-23(21,5)6/h9,11,13-15,17H,7-8,10,12,16H2,1-6H3/b11-9+,15-14+,18-17+,20-13-. The minimum Gasteiger partial charge on any atom is -0.463 e. The van der Waals surface area contributed by atoms with Crippen LogP contribution >= 0.6 is 0 Å². The third-order valence-corrected chi connectivity index (χ3v) is 4.72. The van der Waals surface area contributed by atoms with Crippen LogP contribution in [0.4, 0.5) is 0 Å². The summed E-state index contributed by atoms with van der Waals surface area (Å²) in [5.74, 6) is -0.286. The fraction of sp³-hybridized carbons (Fsp3) is 0.522. The number of hydrogen-bond acceptors (Lipinski definition) is 2. The lowest BCUT2D eigenvalue weighted by Crippen LogP contribution is -2.19. The van der Waals surface area contributed by atoms with E-state index in [1.54, 1.807) is 0 Å². The van der Waals surface area contributed by atoms with Gasteiger partial charge in [0.25, 0.3) is 0 Å². The first-order valence-corrected chi connectivity index (χ1v) is 9.40. The summed E-state index contributed by atoms with van der Waals surface area (Å²) < 4.78 is 4.92. The Morgan fingerprint density at radius 1 is 1.24 bits per heavy atom. The van der Waals surface area contributed by atoms with Gasteiger partial charge in [0.2, 0.25) is 0 Å². The molecule has 0 atom stereocenters. The van der Waals surface area contributed by atoms with E-state index in [4.69, 9.17) is 4.74 Å². The molecule has 0 fully saturated rings. The molecule has 0 radical (unpaired) electrons. The molecule has 25 heavy (non-hydrogen) atoms. The van der Waals surface area contributed by atoms with Crippen LogP contribution in [0.2, 0.25) is 0 Å². The monoisotopic (exact) mass is 342 g/mol. The number of hydrogen-bond donors (Lipinski definition) is 0. The van der Waals surface area contributed by atoms with E-state index in [0.717, 1.165) is 12.0 Å². The number of carbonyl (C=O) groups is 1. The van der Waals surface area contributed by atoms with E-state index in [9.17, 15) is 4.79 Å². The van der Waals surface area contributed by atoms with Crippen molar-refractivity contribution in [2.75, 3.05) is 6.61 Å². The van der Waals surface area contributed by atoms with Crippen molar-refractivity contribution in [3.05, 3.63) is 58.7 Å². The molecule has 138 valence electrons. The Bertz CT molecular complexity index is 610. The van der Waals surface area contributed by atoms with Gasteiger partial charge in [0.15, 0.2) is 0 Å². The summed E-state index contributed by atoms with van der Waals surface area (Å²) in [4.78, 5) is 11.4. The van der Waals surface area contributed by atoms with Gasteiger partial charge in [-0.2, -0.15) is 0 Å². The number of esters is 1. The minimum absolute atomic E-state index is 0.270. The van der Waals surface area contributed by atoms with Gasteiger partial charge in [0.05, 0.1) is 6.61 Å². The largest absolute Gasteiger partial charge is 0.463 e. The highest BCUT2D eigenvalue weighted by atomic mass is 16.5. The molecule has 0 heterocycles. The van der Waals surface area contributed by atoms with E-state index in [2.05, 4.69) is 45.9 Å². The quantitative estimate of drug-likeness (QED) is 0.301. The van der Waals surface area contributed by atoms with E-state index < -0.39 is 0 Å². The normalized spacial score (nSPS) is 19.1. The van der Waals surface area contributed by atoms with Crippen LogP contribution < -0.4 is 0 Å². The molecular formula is C23H34O2. The molecule has 2 heteroatoms. The van der Waals surface area contributed by atoms with Crippen molar-refractivity contribution in [2.45, 2.75) is 67.2 Å². The van der Waals surface area contributed by atoms with Crippen LogP contribution in [0.25, 0.3) is 0 Å². The Kier molecular flexibility index (Phi) is 8.68. The molecule has 0 aromatic heterocycles. The van der Waals surface area contributed by atoms with Crippen molar-refractivity contribution >= 4 is 5.97 Å². The predicted octanol–water partition coefficient (Wildman–Crippen LogP) is 6.47. The maximum Gasteiger partial charge on any atom is 0.330 e. The second kappa shape index (κ2) is 10.2. The Labute approximate surface area is 154 Å². The van der Waals surface area contributed by atoms with Gasteiger partial charge >= 0.3 is 5.97 Å². The van der Waals surface area contributed by atoms with Gasteiger partial charge < -0.3 is 4.74 Å². The average Bonchev–Trinajstić information content (AvgIpc) is 2.52. The Hall–Kier alpha value is -1.83. The topological polar surface area (TPSA) is 26.3 Å². The van der Waals surface area contributed by atoms with Crippen LogP contribution in [0, 0.1) is 5.41 Å². The second-order valence-corrected chi connectivity index (χ2v) is 7.36. The third-order valence-electron chi connectivity index (χ3n) is 4.72. The SMILES string of the molecule is CCOC(=O)/C=C(C)/C=C/C=C(\C=C\C1=C(C)CCCC1(C)C)CC. The van der Waals surface area contributed by atoms with Crippen LogP contribution in [0.15, 0.2) is 58.7 Å². The van der Waals surface area contributed by atoms with Gasteiger partial charge in [-0.3, -0.25) is 0 Å². The summed E-state index contributed by atoms with van der Waals surface area (Å²) in [6.45, 7) is 13.2. The first kappa shape index (κ1) is 21.2. The fourth-order valence-electron chi connectivity index (χ4n) is 3.23. The summed E-state index contributed by atoms with van der Waals surface area (Å²) in [7, 11) is 0. The lowest BCUT2D eigenvalue weighted by atomic mass is 9.72. The molecular weight excluding hydrogens is 308 g/mol. The molecule has 0 unspecified atom stereocenters. The summed E-state index contributed by atoms with van der Waals surface area (Å²) >= 11 is 0. The lowest BCUT2D eigenvalue weighted by molar-refractivity contribution is -0.137. The molecule has 1 aliphatic rings. The van der Waals surface area contributed by atoms with Crippen LogP contribution in [0.1, 0.15) is 67.2 Å². The Morgan fingerprint density at radius 3 is 2.56 bits per heavy atom. The van der Waals surface area contributed by atoms with Gasteiger partial charge in [-0.1, -0.05) is 56.7 Å². The highest BCUT2D eigenvalue weighted by Crippen LogP contribution is 2.40. The Morgan fingerprint density at radius 2 is 1.96 bits per heavy atom. The lowest BCUT2D eigenvalue weighted by Gasteiger charge is -2.33. The zero-order valence-electron chi connectivity index (χ0n) is 16.8. The molecule has 0 bridgehead atoms. The van der Waals surface area contributed by atoms with Crippen LogP contribution in [0.3, 0.4) is 0 Å². The van der Waals surface area contributed by atoms with E-state index in [0.29, 0.717) is 6.61 Å². The molecule has 1 rings (SSSR count). The van der Waals surface area contributed by atoms with E-state index in [1.165, 1.54) is 42.1 Å². The smallest absolute Gasteiger partial charge is 0.330 e. The summed E-state index contributed by atoms with van der Waals surface area (Å²) in [5, 5.41) is 0. The number of ether oxygens (including phenoxy) is 1. The first-order chi connectivity index (χ1) is 11.8. The average molecular weight is 343 g/mol. The third kappa shape index (κ3) is 7.29. The van der Waals surface area contributed by atoms with Crippen LogP contribution in [0.5, 0.6) is 0 Å². The van der Waals surface area contributed by atoms with Gasteiger partial charge in [-0.25, -0.2) is 4.79 Å². The van der Waals surface area contributed by atoms with Crippen LogP contribution in [-0.2, 0) is 9.53 Å². The maximum absolute atomic E-state index is 11.4. The number of carbonyl (C=O) groups excluding carboxylic acids is 1. The molecule has 2 nitrogen and oxygen atoms in total. The van der Waals surface area contributed by atoms with Gasteiger partial charge in [0.1, 0.15) is 0 Å². The first-order valence-electron chi connectivity index (χ1n) is 9.40. The molecule has 0 saturated carbocycles. The molecule has 0 aromatic rings. The maximum atomic E-state index is 11.4. The fourth-order valence-corrected chi connectivity index (χ4v) is 3.23. The van der Waals surface area contributed by atoms with Gasteiger partial charge in [0, 0.05) is 6.08 Å². The summed E-state index contributed by atoms with van der Waals surface area (Å²) in [5.41, 5.74) is 5.45. The van der Waals surface area contributed by atoms with E-state index >= 15 is 0 Å². The van der Waals surface area contributed by atoms with E-state index in [-0.39, 0.29) is 11.4 Å². The second-order valence-electron chi connectivity index (χ2n) is 7.36. The Balaban J connectivity index is 2.83. The zero-order chi connectivity index (χ0) is 18.9. The van der Waals surface area contributed by atoms with Crippen molar-refractivity contribution in [2.24, 2.45) is 5.41 Å². The zero-order valence-corrected chi connectivity index (χ0v) is 16.8. The minimum atomic E-state index is -0.286. The summed E-state index contributed by atoms with van der Waals surface area (Å²) in [6.07, 6.45) is 16.9.